The van der Waals surface area contributed by atoms with Crippen molar-refractivity contribution < 1.29 is 20.5 Å². The number of hydrogen-bond donors (Lipinski definition) is 1. The van der Waals surface area contributed by atoms with Gasteiger partial charge in [0.2, 0.25) is 0 Å². The second-order valence-electron chi connectivity index (χ2n) is 4.96. The van der Waals surface area contributed by atoms with Crippen LogP contribution < -0.4 is 5.32 Å². The zero-order valence-corrected chi connectivity index (χ0v) is 13.1. The Labute approximate surface area is 123 Å². The van der Waals surface area contributed by atoms with Crippen LogP contribution in [-0.2, 0) is 19.1 Å². The Hall–Kier alpha value is -1.14. The molecule has 1 N–H and O–H groups in total. The van der Waals surface area contributed by atoms with Gasteiger partial charge in [-0.05, 0) is 19.5 Å². The van der Waals surface area contributed by atoms with Crippen molar-refractivity contribution in [2.24, 2.45) is 0 Å². The smallest absolute Gasteiger partial charge is 0.306 e. The molecule has 0 unspecified atom stereocenters. The third kappa shape index (κ3) is 10.8. The normalized spacial score (nSPS) is 10.9. The summed E-state index contributed by atoms with van der Waals surface area (Å²) >= 11 is 0. The summed E-state index contributed by atoms with van der Waals surface area (Å²) in [5.41, 5.74) is 0. The Morgan fingerprint density at radius 3 is 1.95 bits per heavy atom. The van der Waals surface area contributed by atoms with Gasteiger partial charge in [0.05, 0.1) is 27.1 Å². The quantitative estimate of drug-likeness (QED) is 0.453. The molecule has 0 fully saturated rings. The van der Waals surface area contributed by atoms with Gasteiger partial charge in [-0.1, -0.05) is 13.8 Å². The molecule has 0 heterocycles. The SMILES string of the molecule is COC(=O)CCN(CCCNC(C)C)CCC(=O)OC.[HH]. The molecule has 0 aliphatic carbocycles. The first-order valence-electron chi connectivity index (χ1n) is 7.09. The minimum absolute atomic E-state index is 0. The molecular weight excluding hydrogens is 260 g/mol. The molecule has 0 radical (unpaired) electrons. The van der Waals surface area contributed by atoms with Crippen LogP contribution in [0.3, 0.4) is 0 Å². The Kier molecular flexibility index (Phi) is 11.0. The van der Waals surface area contributed by atoms with Crippen molar-refractivity contribution in [2.75, 3.05) is 40.4 Å². The molecule has 0 saturated carbocycles. The van der Waals surface area contributed by atoms with Crippen molar-refractivity contribution in [1.29, 1.82) is 0 Å². The molecule has 0 rings (SSSR count). The van der Waals surface area contributed by atoms with Gasteiger partial charge in [0.25, 0.3) is 0 Å². The number of rotatable bonds is 11. The topological polar surface area (TPSA) is 67.9 Å². The second-order valence-corrected chi connectivity index (χ2v) is 4.96. The number of nitrogens with one attached hydrogen (secondary N) is 1. The van der Waals surface area contributed by atoms with E-state index < -0.39 is 0 Å². The van der Waals surface area contributed by atoms with Crippen molar-refractivity contribution in [1.82, 2.24) is 10.2 Å². The maximum Gasteiger partial charge on any atom is 0.306 e. The van der Waals surface area contributed by atoms with Crippen molar-refractivity contribution >= 4 is 11.9 Å². The van der Waals surface area contributed by atoms with Gasteiger partial charge in [-0.15, -0.1) is 0 Å². The molecule has 0 aliphatic rings. The molecule has 0 saturated heterocycles. The van der Waals surface area contributed by atoms with E-state index in [2.05, 4.69) is 33.5 Å². The molecule has 0 aliphatic heterocycles. The van der Waals surface area contributed by atoms with Gasteiger partial charge < -0.3 is 19.7 Å². The molecule has 0 aromatic carbocycles. The fourth-order valence-electron chi connectivity index (χ4n) is 1.73. The van der Waals surface area contributed by atoms with Crippen LogP contribution in [0.5, 0.6) is 0 Å². The van der Waals surface area contributed by atoms with Gasteiger partial charge >= 0.3 is 11.9 Å². The van der Waals surface area contributed by atoms with E-state index in [9.17, 15) is 9.59 Å². The van der Waals surface area contributed by atoms with Crippen LogP contribution in [0.25, 0.3) is 0 Å². The van der Waals surface area contributed by atoms with Crippen LogP contribution in [0.15, 0.2) is 0 Å². The zero-order valence-electron chi connectivity index (χ0n) is 13.1. The lowest BCUT2D eigenvalue weighted by molar-refractivity contribution is -0.141. The van der Waals surface area contributed by atoms with E-state index in [1.165, 1.54) is 14.2 Å². The van der Waals surface area contributed by atoms with Gasteiger partial charge in [0.15, 0.2) is 0 Å². The molecule has 120 valence electrons. The minimum Gasteiger partial charge on any atom is -0.469 e. The first kappa shape index (κ1) is 18.9. The van der Waals surface area contributed by atoms with E-state index in [0.717, 1.165) is 19.5 Å². The summed E-state index contributed by atoms with van der Waals surface area (Å²) in [6, 6.07) is 0.466. The molecule has 0 atom stereocenters. The van der Waals surface area contributed by atoms with E-state index in [1.807, 2.05) is 0 Å². The molecule has 0 aromatic heterocycles. The van der Waals surface area contributed by atoms with E-state index in [0.29, 0.717) is 32.0 Å². The zero-order chi connectivity index (χ0) is 15.4. The number of carbonyl (C=O) groups excluding carboxylic acids is 2. The molecule has 6 heteroatoms. The number of nitrogens with zero attached hydrogens (tertiary/aromatic N) is 1. The van der Waals surface area contributed by atoms with Gasteiger partial charge in [-0.25, -0.2) is 0 Å². The molecule has 0 amide bonds. The second kappa shape index (κ2) is 11.7. The van der Waals surface area contributed by atoms with Crippen LogP contribution in [0, 0.1) is 0 Å². The van der Waals surface area contributed by atoms with Crippen LogP contribution in [0.2, 0.25) is 0 Å². The number of hydrogen-bond acceptors (Lipinski definition) is 6. The molecule has 6 nitrogen and oxygen atoms in total. The standard InChI is InChI=1S/C14H28N2O4.H2/c1-12(2)15-8-5-9-16(10-6-13(17)19-3)11-7-14(18)20-4;/h12,15H,5-11H2,1-4H3;1H. The Morgan fingerprint density at radius 1 is 1.05 bits per heavy atom. The molecule has 0 aromatic rings. The molecule has 0 spiro atoms. The first-order valence-corrected chi connectivity index (χ1v) is 7.09. The largest absolute Gasteiger partial charge is 0.469 e. The van der Waals surface area contributed by atoms with Crippen molar-refractivity contribution in [3.05, 3.63) is 0 Å². The minimum atomic E-state index is -0.228. The van der Waals surface area contributed by atoms with Crippen LogP contribution in [0.4, 0.5) is 0 Å². The van der Waals surface area contributed by atoms with Gasteiger partial charge in [-0.3, -0.25) is 9.59 Å². The summed E-state index contributed by atoms with van der Waals surface area (Å²) in [5, 5.41) is 3.34. The Bertz CT molecular complexity index is 268. The summed E-state index contributed by atoms with van der Waals surface area (Å²) < 4.78 is 9.27. The lowest BCUT2D eigenvalue weighted by Gasteiger charge is -2.21. The third-order valence-corrected chi connectivity index (χ3v) is 2.92. The summed E-state index contributed by atoms with van der Waals surface area (Å²) in [7, 11) is 2.77. The summed E-state index contributed by atoms with van der Waals surface area (Å²) in [6.45, 7) is 7.17. The monoisotopic (exact) mass is 290 g/mol. The highest BCUT2D eigenvalue weighted by Crippen LogP contribution is 1.99. The van der Waals surface area contributed by atoms with E-state index in [4.69, 9.17) is 0 Å². The van der Waals surface area contributed by atoms with Crippen molar-refractivity contribution in [3.63, 3.8) is 0 Å². The molecule has 20 heavy (non-hydrogen) atoms. The fourth-order valence-corrected chi connectivity index (χ4v) is 1.73. The predicted molar refractivity (Wildman–Crippen MR) is 79.6 cm³/mol. The average Bonchev–Trinajstić information content (AvgIpc) is 2.44. The molecular formula is C14H30N2O4. The van der Waals surface area contributed by atoms with Crippen LogP contribution in [-0.4, -0.2) is 63.3 Å². The number of methoxy groups -OCH3 is 2. The number of esters is 2. The summed E-state index contributed by atoms with van der Waals surface area (Å²) in [5.74, 6) is -0.457. The Morgan fingerprint density at radius 2 is 1.55 bits per heavy atom. The fraction of sp³-hybridized carbons (Fsp3) is 0.857. The predicted octanol–water partition coefficient (Wildman–Crippen LogP) is 1.05. The highest BCUT2D eigenvalue weighted by atomic mass is 16.5. The lowest BCUT2D eigenvalue weighted by Crippen LogP contribution is -2.33. The Balaban J connectivity index is 0. The number of carbonyl (C=O) groups is 2. The van der Waals surface area contributed by atoms with Crippen LogP contribution in [0.1, 0.15) is 34.5 Å². The molecule has 0 bridgehead atoms. The van der Waals surface area contributed by atoms with Gasteiger partial charge in [0, 0.05) is 20.6 Å². The van der Waals surface area contributed by atoms with Crippen molar-refractivity contribution in [2.45, 2.75) is 39.2 Å². The lowest BCUT2D eigenvalue weighted by atomic mass is 10.3. The summed E-state index contributed by atoms with van der Waals surface area (Å²) in [4.78, 5) is 24.4. The third-order valence-electron chi connectivity index (χ3n) is 2.92. The van der Waals surface area contributed by atoms with Crippen LogP contribution >= 0.6 is 0 Å². The highest BCUT2D eigenvalue weighted by Gasteiger charge is 2.11. The average molecular weight is 290 g/mol. The maximum atomic E-state index is 11.2. The van der Waals surface area contributed by atoms with E-state index in [1.54, 1.807) is 0 Å². The van der Waals surface area contributed by atoms with Gasteiger partial charge in [-0.2, -0.15) is 0 Å². The van der Waals surface area contributed by atoms with E-state index in [-0.39, 0.29) is 13.4 Å². The summed E-state index contributed by atoms with van der Waals surface area (Å²) in [6.07, 6.45) is 1.66. The maximum absolute atomic E-state index is 11.2. The highest BCUT2D eigenvalue weighted by molar-refractivity contribution is 5.70. The van der Waals surface area contributed by atoms with Gasteiger partial charge in [0.1, 0.15) is 0 Å². The number of ether oxygens (including phenoxy) is 2. The van der Waals surface area contributed by atoms with Crippen molar-refractivity contribution in [3.8, 4) is 0 Å². The first-order chi connectivity index (χ1) is 9.49. The van der Waals surface area contributed by atoms with E-state index >= 15 is 0 Å².